The molecule has 2 atom stereocenters. The van der Waals surface area contributed by atoms with E-state index in [2.05, 4.69) is 0 Å². The lowest BCUT2D eigenvalue weighted by atomic mass is 9.83. The molecule has 3 aliphatic heterocycles. The summed E-state index contributed by atoms with van der Waals surface area (Å²) in [6.07, 6.45) is -1.58. The predicted molar refractivity (Wildman–Crippen MR) is 121 cm³/mol. The molecule has 0 aliphatic carbocycles. The van der Waals surface area contributed by atoms with Crippen LogP contribution in [0.4, 0.5) is 0 Å². The number of aliphatic hydroxyl groups is 1. The second-order valence-electron chi connectivity index (χ2n) is 8.87. The number of esters is 2. The van der Waals surface area contributed by atoms with Gasteiger partial charge in [-0.3, -0.25) is 9.59 Å². The molecule has 0 unspecified atom stereocenters. The molecule has 0 fully saturated rings. The molecule has 35 heavy (non-hydrogen) atoms. The van der Waals surface area contributed by atoms with Gasteiger partial charge in [-0.05, 0) is 24.6 Å². The Balaban J connectivity index is 1.55. The Kier molecular flexibility index (Phi) is 4.65. The summed E-state index contributed by atoms with van der Waals surface area (Å²) in [4.78, 5) is 42.7. The number of aromatic nitrogens is 2. The molecule has 0 spiro atoms. The second-order valence-corrected chi connectivity index (χ2v) is 8.87. The molecular weight excluding hydrogens is 456 g/mol. The van der Waals surface area contributed by atoms with Crippen molar-refractivity contribution in [3.05, 3.63) is 51.3 Å². The maximum atomic E-state index is 13.6. The van der Waals surface area contributed by atoms with Crippen LogP contribution in [0.5, 0.6) is 11.5 Å². The summed E-state index contributed by atoms with van der Waals surface area (Å²) in [7, 11) is 0. The number of carbonyl (C=O) groups excluding carboxylic acids is 2. The zero-order chi connectivity index (χ0) is 24.5. The number of ether oxygens (including phenoxy) is 4. The van der Waals surface area contributed by atoms with E-state index in [1.807, 2.05) is 12.1 Å². The Morgan fingerprint density at radius 3 is 2.63 bits per heavy atom. The summed E-state index contributed by atoms with van der Waals surface area (Å²) in [6.45, 7) is 3.66. The molecular formula is C25H22N2O8. The highest BCUT2D eigenvalue weighted by Crippen LogP contribution is 2.41. The van der Waals surface area contributed by atoms with Gasteiger partial charge in [0.15, 0.2) is 11.5 Å². The van der Waals surface area contributed by atoms with E-state index in [1.165, 1.54) is 0 Å². The maximum absolute atomic E-state index is 13.6. The van der Waals surface area contributed by atoms with Crippen LogP contribution in [0.25, 0.3) is 22.3 Å². The number of hydrogen-bond acceptors (Lipinski definition) is 9. The quantitative estimate of drug-likeness (QED) is 0.429. The molecule has 0 saturated heterocycles. The molecule has 10 heteroatoms. The molecule has 10 nitrogen and oxygen atoms in total. The van der Waals surface area contributed by atoms with Crippen molar-refractivity contribution in [2.75, 3.05) is 13.2 Å². The van der Waals surface area contributed by atoms with Crippen LogP contribution in [0.1, 0.15) is 37.0 Å². The first-order valence-corrected chi connectivity index (χ1v) is 11.4. The highest BCUT2D eigenvalue weighted by molar-refractivity contribution is 5.87. The molecule has 0 amide bonds. The average Bonchev–Trinajstić information content (AvgIpc) is 3.16. The molecule has 180 valence electrons. The fraction of sp³-hybridized carbons (Fsp3) is 0.360. The maximum Gasteiger partial charge on any atom is 0.351 e. The Morgan fingerprint density at radius 2 is 1.91 bits per heavy atom. The van der Waals surface area contributed by atoms with Crippen molar-refractivity contribution >= 4 is 22.8 Å². The third kappa shape index (κ3) is 3.13. The minimum absolute atomic E-state index is 0.0113. The molecule has 1 N–H and O–H groups in total. The fourth-order valence-corrected chi connectivity index (χ4v) is 5.08. The van der Waals surface area contributed by atoms with E-state index in [0.717, 1.165) is 17.9 Å². The van der Waals surface area contributed by atoms with Crippen molar-refractivity contribution in [3.8, 4) is 22.9 Å². The zero-order valence-corrected chi connectivity index (χ0v) is 19.1. The Morgan fingerprint density at radius 1 is 1.17 bits per heavy atom. The first kappa shape index (κ1) is 21.6. The van der Waals surface area contributed by atoms with Gasteiger partial charge in [-0.15, -0.1) is 0 Å². The predicted octanol–water partition coefficient (Wildman–Crippen LogP) is 1.78. The summed E-state index contributed by atoms with van der Waals surface area (Å²) in [5.41, 5.74) is 0.615. The molecule has 3 aromatic rings. The monoisotopic (exact) mass is 478 g/mol. The number of fused-ring (bicyclic) bond motifs is 6. The summed E-state index contributed by atoms with van der Waals surface area (Å²) >= 11 is 0. The summed E-state index contributed by atoms with van der Waals surface area (Å²) in [5.74, 6) is -0.389. The number of rotatable bonds is 2. The van der Waals surface area contributed by atoms with Crippen LogP contribution in [0.3, 0.4) is 0 Å². The number of cyclic esters (lactones) is 1. The van der Waals surface area contributed by atoms with E-state index in [4.69, 9.17) is 23.9 Å². The van der Waals surface area contributed by atoms with Crippen molar-refractivity contribution in [3.63, 3.8) is 0 Å². The van der Waals surface area contributed by atoms with Gasteiger partial charge in [0.2, 0.25) is 6.10 Å². The Bertz CT molecular complexity index is 1490. The van der Waals surface area contributed by atoms with Crippen LogP contribution in [0.2, 0.25) is 0 Å². The number of benzene rings is 1. The van der Waals surface area contributed by atoms with E-state index in [-0.39, 0.29) is 30.7 Å². The van der Waals surface area contributed by atoms with Gasteiger partial charge in [-0.2, -0.15) is 0 Å². The van der Waals surface area contributed by atoms with E-state index in [9.17, 15) is 19.5 Å². The molecule has 0 radical (unpaired) electrons. The number of pyridine rings is 2. The van der Waals surface area contributed by atoms with Gasteiger partial charge < -0.3 is 28.6 Å². The number of hydrogen-bond donors (Lipinski definition) is 1. The van der Waals surface area contributed by atoms with Gasteiger partial charge in [0.1, 0.15) is 25.4 Å². The third-order valence-corrected chi connectivity index (χ3v) is 6.82. The van der Waals surface area contributed by atoms with E-state index in [0.29, 0.717) is 41.6 Å². The molecule has 0 bridgehead atoms. The lowest BCUT2D eigenvalue weighted by Crippen LogP contribution is -2.47. The van der Waals surface area contributed by atoms with Crippen molar-refractivity contribution in [1.82, 2.24) is 9.55 Å². The fourth-order valence-electron chi connectivity index (χ4n) is 5.08. The Labute approximate surface area is 199 Å². The van der Waals surface area contributed by atoms with Gasteiger partial charge in [0, 0.05) is 29.5 Å². The minimum Gasteiger partial charge on any atom is -0.486 e. The van der Waals surface area contributed by atoms with Crippen LogP contribution in [-0.2, 0) is 37.8 Å². The standard InChI is InChI=1S/C25H22N2O8/c1-3-25(31)16-8-18-21-14(6-13-7-19-20(9-17(13)26-21)33-5-4-32-19)10-27(18)23(29)15(16)11-34-24(30)22(25)35-12(2)28/h6-9,22,31H,3-5,10-11H2,1-2H3/t22-,25-/m0/s1. The smallest absolute Gasteiger partial charge is 0.351 e. The normalized spacial score (nSPS) is 22.0. The van der Waals surface area contributed by atoms with Crippen molar-refractivity contribution < 1.29 is 33.6 Å². The highest BCUT2D eigenvalue weighted by Gasteiger charge is 2.50. The second kappa shape index (κ2) is 7.54. The number of carbonyl (C=O) groups is 2. The van der Waals surface area contributed by atoms with Crippen LogP contribution < -0.4 is 15.0 Å². The highest BCUT2D eigenvalue weighted by atomic mass is 16.6. The third-order valence-electron chi connectivity index (χ3n) is 6.82. The van der Waals surface area contributed by atoms with Crippen LogP contribution >= 0.6 is 0 Å². The van der Waals surface area contributed by atoms with Crippen LogP contribution in [0.15, 0.2) is 29.1 Å². The average molecular weight is 478 g/mol. The summed E-state index contributed by atoms with van der Waals surface area (Å²) in [5, 5.41) is 12.5. The van der Waals surface area contributed by atoms with Gasteiger partial charge >= 0.3 is 11.9 Å². The number of nitrogens with zero attached hydrogens (tertiary/aromatic N) is 2. The van der Waals surface area contributed by atoms with Crippen LogP contribution in [0, 0.1) is 0 Å². The minimum atomic E-state index is -1.94. The first-order chi connectivity index (χ1) is 16.8. The Hall–Kier alpha value is -3.92. The molecule has 5 heterocycles. The van der Waals surface area contributed by atoms with E-state index < -0.39 is 29.2 Å². The van der Waals surface area contributed by atoms with Crippen molar-refractivity contribution in [1.29, 1.82) is 0 Å². The molecule has 2 aromatic heterocycles. The van der Waals surface area contributed by atoms with E-state index in [1.54, 1.807) is 23.6 Å². The molecule has 3 aliphatic rings. The van der Waals surface area contributed by atoms with E-state index >= 15 is 0 Å². The lowest BCUT2D eigenvalue weighted by Gasteiger charge is -2.32. The van der Waals surface area contributed by atoms with Gasteiger partial charge in [0.25, 0.3) is 5.56 Å². The van der Waals surface area contributed by atoms with Gasteiger partial charge in [-0.1, -0.05) is 6.92 Å². The summed E-state index contributed by atoms with van der Waals surface area (Å²) in [6, 6.07) is 7.29. The molecule has 0 saturated carbocycles. The van der Waals surface area contributed by atoms with Crippen molar-refractivity contribution in [2.45, 2.75) is 45.1 Å². The largest absolute Gasteiger partial charge is 0.486 e. The first-order valence-electron chi connectivity index (χ1n) is 11.4. The summed E-state index contributed by atoms with van der Waals surface area (Å²) < 4.78 is 23.3. The molecule has 1 aromatic carbocycles. The lowest BCUT2D eigenvalue weighted by molar-refractivity contribution is -0.186. The zero-order valence-electron chi connectivity index (χ0n) is 19.1. The van der Waals surface area contributed by atoms with Crippen LogP contribution in [-0.4, -0.2) is 45.9 Å². The molecule has 6 rings (SSSR count). The van der Waals surface area contributed by atoms with Gasteiger partial charge in [-0.25, -0.2) is 9.78 Å². The topological polar surface area (TPSA) is 126 Å². The van der Waals surface area contributed by atoms with Gasteiger partial charge in [0.05, 0.1) is 29.0 Å². The van der Waals surface area contributed by atoms with Crippen molar-refractivity contribution in [2.24, 2.45) is 0 Å². The SMILES string of the molecule is CC[C@]1(O)c2cc3n(c(=O)c2COC(=O)[C@@H]1OC(C)=O)Cc1cc2cc4c(cc2nc1-3)OCCO4.